The van der Waals surface area contributed by atoms with Crippen LogP contribution in [0.1, 0.15) is 21.1 Å². The third-order valence-corrected chi connectivity index (χ3v) is 4.38. The predicted molar refractivity (Wildman–Crippen MR) is 84.7 cm³/mol. The second-order valence-electron chi connectivity index (χ2n) is 5.17. The third-order valence-electron chi connectivity index (χ3n) is 3.36. The summed E-state index contributed by atoms with van der Waals surface area (Å²) in [5, 5.41) is 0.756. The lowest BCUT2D eigenvalue weighted by molar-refractivity contribution is -0.141. The molecule has 0 aliphatic carbocycles. The maximum absolute atomic E-state index is 12.5. The number of nitrogens with zero attached hydrogens (tertiary/aromatic N) is 3. The quantitative estimate of drug-likeness (QED) is 0.717. The molecule has 3 rings (SSSR count). The van der Waals surface area contributed by atoms with E-state index in [1.165, 1.54) is 16.2 Å². The van der Waals surface area contributed by atoms with Crippen molar-refractivity contribution in [3.8, 4) is 0 Å². The van der Waals surface area contributed by atoms with Crippen LogP contribution in [0.15, 0.2) is 42.6 Å². The summed E-state index contributed by atoms with van der Waals surface area (Å²) < 4.78 is 38.5. The van der Waals surface area contributed by atoms with E-state index in [2.05, 4.69) is 9.97 Å². The number of hydrogen-bond acceptors (Lipinski definition) is 4. The molecule has 0 aliphatic heterocycles. The van der Waals surface area contributed by atoms with Gasteiger partial charge in [-0.1, -0.05) is 12.1 Å². The number of hydrogen-bond donors (Lipinski definition) is 0. The van der Waals surface area contributed by atoms with Crippen LogP contribution in [0.2, 0.25) is 0 Å². The fraction of sp³-hybridized carbons (Fsp3) is 0.188. The summed E-state index contributed by atoms with van der Waals surface area (Å²) in [6.45, 7) is 0.277. The zero-order valence-corrected chi connectivity index (χ0v) is 13.4. The topological polar surface area (TPSA) is 46.1 Å². The number of fused-ring (bicyclic) bond motifs is 1. The van der Waals surface area contributed by atoms with Crippen LogP contribution in [-0.2, 0) is 12.7 Å². The van der Waals surface area contributed by atoms with E-state index in [-0.39, 0.29) is 12.1 Å². The van der Waals surface area contributed by atoms with E-state index >= 15 is 0 Å². The van der Waals surface area contributed by atoms with Crippen molar-refractivity contribution in [2.24, 2.45) is 0 Å². The Morgan fingerprint density at radius 2 is 1.96 bits per heavy atom. The van der Waals surface area contributed by atoms with Gasteiger partial charge in [-0.3, -0.25) is 9.78 Å². The Balaban J connectivity index is 1.74. The van der Waals surface area contributed by atoms with Crippen LogP contribution in [-0.4, -0.2) is 27.8 Å². The van der Waals surface area contributed by atoms with Crippen LogP contribution in [0.3, 0.4) is 0 Å². The van der Waals surface area contributed by atoms with Crippen LogP contribution in [0.4, 0.5) is 13.2 Å². The molecule has 0 aliphatic rings. The second kappa shape index (κ2) is 6.20. The predicted octanol–water partition coefficient (Wildman–Crippen LogP) is 3.98. The summed E-state index contributed by atoms with van der Waals surface area (Å²) >= 11 is 1.47. The second-order valence-corrected chi connectivity index (χ2v) is 6.28. The number of benzene rings is 1. The summed E-state index contributed by atoms with van der Waals surface area (Å²) in [5.74, 6) is -0.407. The molecule has 2 aromatic heterocycles. The van der Waals surface area contributed by atoms with Gasteiger partial charge < -0.3 is 4.90 Å². The number of rotatable bonds is 3. The summed E-state index contributed by atoms with van der Waals surface area (Å²) in [6, 6.07) is 9.56. The molecule has 2 heterocycles. The molecule has 0 bridgehead atoms. The molecule has 0 saturated carbocycles. The molecule has 0 unspecified atom stereocenters. The minimum Gasteiger partial charge on any atom is -0.335 e. The number of aromatic nitrogens is 2. The number of para-hydroxylation sites is 1. The average Bonchev–Trinajstić information content (AvgIpc) is 2.95. The highest BCUT2D eigenvalue weighted by molar-refractivity contribution is 7.18. The molecule has 0 radical (unpaired) electrons. The first kappa shape index (κ1) is 16.4. The Morgan fingerprint density at radius 1 is 1.21 bits per heavy atom. The van der Waals surface area contributed by atoms with Crippen molar-refractivity contribution in [1.82, 2.24) is 14.9 Å². The Morgan fingerprint density at radius 3 is 2.58 bits per heavy atom. The average molecular weight is 351 g/mol. The minimum absolute atomic E-state index is 0.103. The van der Waals surface area contributed by atoms with Gasteiger partial charge in [0.15, 0.2) is 0 Å². The van der Waals surface area contributed by atoms with Crippen molar-refractivity contribution in [1.29, 1.82) is 0 Å². The molecular formula is C16H12F3N3OS. The number of thiazole rings is 1. The maximum Gasteiger partial charge on any atom is 0.433 e. The van der Waals surface area contributed by atoms with Crippen molar-refractivity contribution in [2.45, 2.75) is 12.7 Å². The van der Waals surface area contributed by atoms with Crippen LogP contribution in [0.5, 0.6) is 0 Å². The first-order valence-corrected chi connectivity index (χ1v) is 7.79. The van der Waals surface area contributed by atoms with Crippen molar-refractivity contribution < 1.29 is 18.0 Å². The number of pyridine rings is 1. The summed E-state index contributed by atoms with van der Waals surface area (Å²) in [4.78, 5) is 21.5. The number of amides is 1. The SMILES string of the molecule is CN(Cc1nc2ccccc2s1)C(=O)c1ccc(C(F)(F)F)nc1. The number of alkyl halides is 3. The van der Waals surface area contributed by atoms with Gasteiger partial charge in [0, 0.05) is 13.2 Å². The van der Waals surface area contributed by atoms with Gasteiger partial charge in [-0.15, -0.1) is 11.3 Å². The third kappa shape index (κ3) is 3.38. The Hall–Kier alpha value is -2.48. The van der Waals surface area contributed by atoms with Gasteiger partial charge in [0.1, 0.15) is 10.7 Å². The van der Waals surface area contributed by atoms with Crippen LogP contribution in [0, 0.1) is 0 Å². The molecule has 4 nitrogen and oxygen atoms in total. The Bertz CT molecular complexity index is 841. The summed E-state index contributed by atoms with van der Waals surface area (Å²) in [7, 11) is 1.58. The van der Waals surface area contributed by atoms with Gasteiger partial charge in [-0.2, -0.15) is 13.2 Å². The molecule has 0 spiro atoms. The highest BCUT2D eigenvalue weighted by Gasteiger charge is 2.32. The maximum atomic E-state index is 12.5. The minimum atomic E-state index is -4.52. The molecule has 124 valence electrons. The van der Waals surface area contributed by atoms with Gasteiger partial charge in [0.05, 0.1) is 22.3 Å². The Labute approximate surface area is 139 Å². The smallest absolute Gasteiger partial charge is 0.335 e. The van der Waals surface area contributed by atoms with Gasteiger partial charge in [0.2, 0.25) is 0 Å². The van der Waals surface area contributed by atoms with Crippen LogP contribution < -0.4 is 0 Å². The van der Waals surface area contributed by atoms with Gasteiger partial charge >= 0.3 is 6.18 Å². The summed E-state index contributed by atoms with van der Waals surface area (Å²) in [5.41, 5.74) is -0.0611. The van der Waals surface area contributed by atoms with Crippen molar-refractivity contribution in [3.05, 3.63) is 58.9 Å². The first-order chi connectivity index (χ1) is 11.3. The van der Waals surface area contributed by atoms with Gasteiger partial charge in [-0.05, 0) is 24.3 Å². The monoisotopic (exact) mass is 351 g/mol. The summed E-state index contributed by atoms with van der Waals surface area (Å²) in [6.07, 6.45) is -3.57. The zero-order chi connectivity index (χ0) is 17.3. The van der Waals surface area contributed by atoms with Crippen LogP contribution in [0.25, 0.3) is 10.2 Å². The lowest BCUT2D eigenvalue weighted by Gasteiger charge is -2.15. The molecule has 0 fully saturated rings. The largest absolute Gasteiger partial charge is 0.433 e. The van der Waals surface area contributed by atoms with E-state index in [0.717, 1.165) is 33.6 Å². The first-order valence-electron chi connectivity index (χ1n) is 6.98. The molecule has 0 atom stereocenters. The lowest BCUT2D eigenvalue weighted by Crippen LogP contribution is -2.26. The van der Waals surface area contributed by atoms with E-state index in [1.807, 2.05) is 24.3 Å². The van der Waals surface area contributed by atoms with Gasteiger partial charge in [0.25, 0.3) is 5.91 Å². The standard InChI is InChI=1S/C16H12F3N3OS/c1-22(9-14-21-11-4-2-3-5-12(11)24-14)15(23)10-6-7-13(20-8-10)16(17,18)19/h2-8H,9H2,1H3. The van der Waals surface area contributed by atoms with E-state index in [9.17, 15) is 18.0 Å². The van der Waals surface area contributed by atoms with Crippen molar-refractivity contribution >= 4 is 27.5 Å². The zero-order valence-electron chi connectivity index (χ0n) is 12.5. The lowest BCUT2D eigenvalue weighted by atomic mass is 10.2. The van der Waals surface area contributed by atoms with Gasteiger partial charge in [-0.25, -0.2) is 4.98 Å². The molecule has 0 saturated heterocycles. The fourth-order valence-electron chi connectivity index (χ4n) is 2.17. The number of halogens is 3. The van der Waals surface area contributed by atoms with E-state index in [0.29, 0.717) is 0 Å². The van der Waals surface area contributed by atoms with E-state index in [4.69, 9.17) is 0 Å². The van der Waals surface area contributed by atoms with Crippen molar-refractivity contribution in [3.63, 3.8) is 0 Å². The molecule has 24 heavy (non-hydrogen) atoms. The molecule has 1 aromatic carbocycles. The molecule has 3 aromatic rings. The fourth-order valence-corrected chi connectivity index (χ4v) is 3.19. The molecular weight excluding hydrogens is 339 g/mol. The molecule has 0 N–H and O–H groups in total. The van der Waals surface area contributed by atoms with E-state index in [1.54, 1.807) is 7.05 Å². The normalized spacial score (nSPS) is 11.7. The van der Waals surface area contributed by atoms with E-state index < -0.39 is 17.8 Å². The number of carbonyl (C=O) groups is 1. The van der Waals surface area contributed by atoms with Crippen molar-refractivity contribution in [2.75, 3.05) is 7.05 Å². The highest BCUT2D eigenvalue weighted by atomic mass is 32.1. The molecule has 8 heteroatoms. The highest BCUT2D eigenvalue weighted by Crippen LogP contribution is 2.27. The van der Waals surface area contributed by atoms with Crippen LogP contribution >= 0.6 is 11.3 Å². The Kier molecular flexibility index (Phi) is 4.23. The molecule has 1 amide bonds. The number of carbonyl (C=O) groups excluding carboxylic acids is 1.